The van der Waals surface area contributed by atoms with E-state index in [4.69, 9.17) is 5.11 Å². The van der Waals surface area contributed by atoms with Crippen molar-refractivity contribution in [1.82, 2.24) is 10.6 Å². The average molecular weight is 320 g/mol. The normalized spacial score (nSPS) is 13.0. The van der Waals surface area contributed by atoms with E-state index in [1.54, 1.807) is 6.92 Å². The molecule has 6 heteroatoms. The van der Waals surface area contributed by atoms with Crippen molar-refractivity contribution in [2.75, 3.05) is 6.54 Å². The number of carbonyl (C=O) groups is 3. The predicted octanol–water partition coefficient (Wildman–Crippen LogP) is 1.27. The number of hydrogen-bond donors (Lipinski definition) is 3. The molecule has 3 N–H and O–H groups in total. The van der Waals surface area contributed by atoms with Crippen LogP contribution in [-0.2, 0) is 20.8 Å². The van der Waals surface area contributed by atoms with Gasteiger partial charge in [0.1, 0.15) is 0 Å². The molecule has 0 saturated carbocycles. The summed E-state index contributed by atoms with van der Waals surface area (Å²) in [5.41, 5.74) is 2.23. The van der Waals surface area contributed by atoms with Gasteiger partial charge in [-0.25, -0.2) is 0 Å². The van der Waals surface area contributed by atoms with Crippen LogP contribution in [0.5, 0.6) is 0 Å². The maximum atomic E-state index is 11.7. The number of benzene rings is 1. The monoisotopic (exact) mass is 320 g/mol. The highest BCUT2D eigenvalue weighted by Crippen LogP contribution is 2.05. The van der Waals surface area contributed by atoms with Gasteiger partial charge >= 0.3 is 5.97 Å². The van der Waals surface area contributed by atoms with Crippen molar-refractivity contribution >= 4 is 17.8 Å². The Morgan fingerprint density at radius 2 is 1.70 bits per heavy atom. The molecule has 0 aliphatic carbocycles. The molecule has 0 spiro atoms. The van der Waals surface area contributed by atoms with E-state index in [0.29, 0.717) is 12.8 Å². The summed E-state index contributed by atoms with van der Waals surface area (Å²) in [6.07, 6.45) is 0.914. The topological polar surface area (TPSA) is 95.5 Å². The van der Waals surface area contributed by atoms with Crippen molar-refractivity contribution in [1.29, 1.82) is 0 Å². The quantitative estimate of drug-likeness (QED) is 0.672. The Hall–Kier alpha value is -2.37. The first-order valence-electron chi connectivity index (χ1n) is 7.64. The SMILES string of the molecule is Cc1ccc(CCC(=O)NCC(=O)NC(C)C(C)C(=O)O)cc1. The standard InChI is InChI=1S/C17H24N2O4/c1-11-4-6-14(7-5-11)8-9-15(20)18-10-16(21)19-13(3)12(2)17(22)23/h4-7,12-13H,8-10H2,1-3H3,(H,18,20)(H,19,21)(H,22,23). The molecule has 0 aliphatic heterocycles. The molecular weight excluding hydrogens is 296 g/mol. The van der Waals surface area contributed by atoms with Crippen LogP contribution < -0.4 is 10.6 Å². The lowest BCUT2D eigenvalue weighted by molar-refractivity contribution is -0.142. The lowest BCUT2D eigenvalue weighted by Gasteiger charge is -2.17. The molecule has 0 bridgehead atoms. The van der Waals surface area contributed by atoms with E-state index in [1.165, 1.54) is 12.5 Å². The summed E-state index contributed by atoms with van der Waals surface area (Å²) >= 11 is 0. The number of amides is 2. The van der Waals surface area contributed by atoms with Gasteiger partial charge < -0.3 is 15.7 Å². The zero-order chi connectivity index (χ0) is 17.4. The molecule has 2 amide bonds. The molecule has 126 valence electrons. The summed E-state index contributed by atoms with van der Waals surface area (Å²) in [5.74, 6) is -2.26. The second-order valence-electron chi connectivity index (χ2n) is 5.75. The Kier molecular flexibility index (Phi) is 7.25. The predicted molar refractivity (Wildman–Crippen MR) is 86.9 cm³/mol. The molecule has 6 nitrogen and oxygen atoms in total. The Morgan fingerprint density at radius 1 is 1.09 bits per heavy atom. The lowest BCUT2D eigenvalue weighted by atomic mass is 10.0. The number of carboxylic acid groups (broad SMARTS) is 1. The number of hydrogen-bond acceptors (Lipinski definition) is 3. The number of aryl methyl sites for hydroxylation is 2. The summed E-state index contributed by atoms with van der Waals surface area (Å²) in [7, 11) is 0. The number of aliphatic carboxylic acids is 1. The second kappa shape index (κ2) is 8.92. The summed E-state index contributed by atoms with van der Waals surface area (Å²) in [6.45, 7) is 4.99. The highest BCUT2D eigenvalue weighted by Gasteiger charge is 2.20. The van der Waals surface area contributed by atoms with Gasteiger partial charge in [-0.3, -0.25) is 14.4 Å². The van der Waals surface area contributed by atoms with Gasteiger partial charge in [0.05, 0.1) is 12.5 Å². The molecule has 1 aromatic rings. The van der Waals surface area contributed by atoms with E-state index in [1.807, 2.05) is 31.2 Å². The second-order valence-corrected chi connectivity index (χ2v) is 5.75. The van der Waals surface area contributed by atoms with Crippen molar-refractivity contribution in [3.8, 4) is 0 Å². The van der Waals surface area contributed by atoms with Gasteiger partial charge in [-0.1, -0.05) is 29.8 Å². The van der Waals surface area contributed by atoms with Crippen LogP contribution in [0.1, 0.15) is 31.4 Å². The van der Waals surface area contributed by atoms with Crippen LogP contribution in [0.2, 0.25) is 0 Å². The zero-order valence-corrected chi connectivity index (χ0v) is 13.8. The largest absolute Gasteiger partial charge is 0.481 e. The minimum absolute atomic E-state index is 0.149. The Bertz CT molecular complexity index is 554. The van der Waals surface area contributed by atoms with Crippen LogP contribution in [0.25, 0.3) is 0 Å². The third-order valence-corrected chi connectivity index (χ3v) is 3.74. The fraction of sp³-hybridized carbons (Fsp3) is 0.471. The van der Waals surface area contributed by atoms with Gasteiger partial charge in [0, 0.05) is 12.5 Å². The summed E-state index contributed by atoms with van der Waals surface area (Å²) < 4.78 is 0. The molecule has 0 heterocycles. The summed E-state index contributed by atoms with van der Waals surface area (Å²) in [5, 5.41) is 14.0. The number of carboxylic acids is 1. The molecular formula is C17H24N2O4. The summed E-state index contributed by atoms with van der Waals surface area (Å²) in [4.78, 5) is 34.2. The van der Waals surface area contributed by atoms with Crippen LogP contribution in [-0.4, -0.2) is 35.5 Å². The van der Waals surface area contributed by atoms with Gasteiger partial charge in [0.15, 0.2) is 0 Å². The van der Waals surface area contributed by atoms with Crippen molar-refractivity contribution in [2.24, 2.45) is 5.92 Å². The first kappa shape index (κ1) is 18.7. The molecule has 0 fully saturated rings. The average Bonchev–Trinajstić information content (AvgIpc) is 2.51. The Labute approximate surface area is 136 Å². The van der Waals surface area contributed by atoms with E-state index in [9.17, 15) is 14.4 Å². The maximum Gasteiger partial charge on any atom is 0.308 e. The van der Waals surface area contributed by atoms with Crippen molar-refractivity contribution in [3.05, 3.63) is 35.4 Å². The first-order chi connectivity index (χ1) is 10.8. The molecule has 1 rings (SSSR count). The van der Waals surface area contributed by atoms with Crippen molar-refractivity contribution < 1.29 is 19.5 Å². The van der Waals surface area contributed by atoms with Crippen molar-refractivity contribution in [2.45, 2.75) is 39.7 Å². The van der Waals surface area contributed by atoms with Gasteiger partial charge in [-0.05, 0) is 32.8 Å². The van der Waals surface area contributed by atoms with Crippen LogP contribution in [0.3, 0.4) is 0 Å². The number of carbonyl (C=O) groups excluding carboxylic acids is 2. The molecule has 0 saturated heterocycles. The Balaban J connectivity index is 2.28. The van der Waals surface area contributed by atoms with E-state index in [2.05, 4.69) is 10.6 Å². The molecule has 23 heavy (non-hydrogen) atoms. The van der Waals surface area contributed by atoms with Gasteiger partial charge in [0.2, 0.25) is 11.8 Å². The van der Waals surface area contributed by atoms with Gasteiger partial charge in [0.25, 0.3) is 0 Å². The van der Waals surface area contributed by atoms with E-state index >= 15 is 0 Å². The van der Waals surface area contributed by atoms with Gasteiger partial charge in [-0.15, -0.1) is 0 Å². The van der Waals surface area contributed by atoms with Crippen LogP contribution in [0.4, 0.5) is 0 Å². The Morgan fingerprint density at radius 3 is 2.26 bits per heavy atom. The minimum Gasteiger partial charge on any atom is -0.481 e. The lowest BCUT2D eigenvalue weighted by Crippen LogP contribution is -2.44. The molecule has 2 unspecified atom stereocenters. The van der Waals surface area contributed by atoms with E-state index in [0.717, 1.165) is 5.56 Å². The third kappa shape index (κ3) is 6.95. The molecule has 2 atom stereocenters. The fourth-order valence-corrected chi connectivity index (χ4v) is 1.92. The summed E-state index contributed by atoms with van der Waals surface area (Å²) in [6, 6.07) is 7.44. The molecule has 0 radical (unpaired) electrons. The van der Waals surface area contributed by atoms with E-state index in [-0.39, 0.29) is 12.5 Å². The fourth-order valence-electron chi connectivity index (χ4n) is 1.92. The number of rotatable bonds is 8. The van der Waals surface area contributed by atoms with Crippen LogP contribution in [0, 0.1) is 12.8 Å². The first-order valence-corrected chi connectivity index (χ1v) is 7.64. The smallest absolute Gasteiger partial charge is 0.308 e. The van der Waals surface area contributed by atoms with Crippen molar-refractivity contribution in [3.63, 3.8) is 0 Å². The minimum atomic E-state index is -0.972. The molecule has 1 aromatic carbocycles. The highest BCUT2D eigenvalue weighted by atomic mass is 16.4. The third-order valence-electron chi connectivity index (χ3n) is 3.74. The molecule has 0 aliphatic rings. The zero-order valence-electron chi connectivity index (χ0n) is 13.8. The van der Waals surface area contributed by atoms with Crippen LogP contribution >= 0.6 is 0 Å². The maximum absolute atomic E-state index is 11.7. The number of nitrogens with one attached hydrogen (secondary N) is 2. The van der Waals surface area contributed by atoms with Gasteiger partial charge in [-0.2, -0.15) is 0 Å². The molecule has 0 aromatic heterocycles. The van der Waals surface area contributed by atoms with Crippen LogP contribution in [0.15, 0.2) is 24.3 Å². The van der Waals surface area contributed by atoms with E-state index < -0.39 is 23.8 Å². The highest BCUT2D eigenvalue weighted by molar-refractivity contribution is 5.85.